The van der Waals surface area contributed by atoms with Crippen LogP contribution in [0.1, 0.15) is 53.6 Å². The maximum atomic E-state index is 13.6. The van der Waals surface area contributed by atoms with Crippen LogP contribution >= 0.6 is 11.3 Å². The third kappa shape index (κ3) is 5.72. The fourth-order valence-electron chi connectivity index (χ4n) is 4.12. The van der Waals surface area contributed by atoms with Crippen LogP contribution in [0, 0.1) is 5.82 Å². The number of anilines is 1. The molecular formula is C25H26FN3O4S. The third-order valence-corrected chi connectivity index (χ3v) is 6.66. The molecule has 0 aliphatic heterocycles. The molecule has 4 rings (SSSR count). The van der Waals surface area contributed by atoms with Crippen molar-refractivity contribution in [3.63, 3.8) is 0 Å². The Kier molecular flexibility index (Phi) is 7.74. The van der Waals surface area contributed by atoms with Crippen molar-refractivity contribution in [2.45, 2.75) is 44.2 Å². The lowest BCUT2D eigenvalue weighted by atomic mass is 9.95. The van der Waals surface area contributed by atoms with Crippen LogP contribution in [0.4, 0.5) is 10.1 Å². The van der Waals surface area contributed by atoms with Crippen LogP contribution in [0.3, 0.4) is 0 Å². The number of amides is 3. The van der Waals surface area contributed by atoms with Gasteiger partial charge < -0.3 is 15.1 Å². The molecule has 7 nitrogen and oxygen atoms in total. The van der Waals surface area contributed by atoms with Gasteiger partial charge in [-0.2, -0.15) is 0 Å². The van der Waals surface area contributed by atoms with Crippen LogP contribution in [0.25, 0.3) is 0 Å². The highest BCUT2D eigenvalue weighted by Crippen LogP contribution is 2.29. The lowest BCUT2D eigenvalue weighted by Crippen LogP contribution is -2.49. The van der Waals surface area contributed by atoms with Gasteiger partial charge in [0.1, 0.15) is 11.6 Å². The first-order chi connectivity index (χ1) is 16.5. The number of halogens is 1. The second-order valence-corrected chi connectivity index (χ2v) is 9.11. The number of nitrogens with one attached hydrogen (secondary N) is 2. The Bertz CT molecular complexity index is 1090. The number of nitrogens with zero attached hydrogens (tertiary/aromatic N) is 1. The molecule has 1 aliphatic rings. The fraction of sp³-hybridized carbons (Fsp3) is 0.320. The van der Waals surface area contributed by atoms with Crippen LogP contribution in [-0.2, 0) is 9.59 Å². The summed E-state index contributed by atoms with van der Waals surface area (Å²) in [6.45, 7) is -0.345. The normalized spacial score (nSPS) is 14.9. The van der Waals surface area contributed by atoms with E-state index in [9.17, 15) is 18.8 Å². The Morgan fingerprint density at radius 2 is 1.82 bits per heavy atom. The van der Waals surface area contributed by atoms with E-state index in [4.69, 9.17) is 4.42 Å². The molecule has 2 aromatic heterocycles. The molecule has 0 radical (unpaired) electrons. The van der Waals surface area contributed by atoms with Crippen molar-refractivity contribution in [1.29, 1.82) is 0 Å². The highest BCUT2D eigenvalue weighted by Gasteiger charge is 2.36. The number of carbonyl (C=O) groups is 3. The molecule has 1 aliphatic carbocycles. The summed E-state index contributed by atoms with van der Waals surface area (Å²) in [5.74, 6) is -1.50. The summed E-state index contributed by atoms with van der Waals surface area (Å²) < 4.78 is 19.2. The highest BCUT2D eigenvalue weighted by molar-refractivity contribution is 7.12. The monoisotopic (exact) mass is 483 g/mol. The van der Waals surface area contributed by atoms with Crippen molar-refractivity contribution in [2.75, 3.05) is 11.4 Å². The molecule has 34 heavy (non-hydrogen) atoms. The van der Waals surface area contributed by atoms with Gasteiger partial charge in [-0.25, -0.2) is 4.39 Å². The van der Waals surface area contributed by atoms with Gasteiger partial charge in [0.15, 0.2) is 6.04 Å². The van der Waals surface area contributed by atoms with E-state index in [0.717, 1.165) is 32.1 Å². The first-order valence-corrected chi connectivity index (χ1v) is 12.1. The van der Waals surface area contributed by atoms with E-state index in [2.05, 4.69) is 10.6 Å². The van der Waals surface area contributed by atoms with Crippen molar-refractivity contribution < 1.29 is 23.2 Å². The first-order valence-electron chi connectivity index (χ1n) is 11.3. The molecule has 178 valence electrons. The number of hydrogen-bond acceptors (Lipinski definition) is 5. The summed E-state index contributed by atoms with van der Waals surface area (Å²) in [5.41, 5.74) is 0.317. The van der Waals surface area contributed by atoms with Gasteiger partial charge in [-0.3, -0.25) is 19.3 Å². The van der Waals surface area contributed by atoms with Gasteiger partial charge in [0.05, 0.1) is 17.7 Å². The summed E-state index contributed by atoms with van der Waals surface area (Å²) in [4.78, 5) is 41.0. The molecule has 1 fully saturated rings. The van der Waals surface area contributed by atoms with Gasteiger partial charge >= 0.3 is 0 Å². The molecule has 9 heteroatoms. The summed E-state index contributed by atoms with van der Waals surface area (Å²) >= 11 is 1.26. The summed E-state index contributed by atoms with van der Waals surface area (Å²) in [6, 6.07) is 10.9. The van der Waals surface area contributed by atoms with Crippen molar-refractivity contribution in [1.82, 2.24) is 10.6 Å². The van der Waals surface area contributed by atoms with E-state index in [0.29, 0.717) is 10.6 Å². The standard InChI is InChI=1S/C25H26FN3O4S/c26-17-10-12-19(13-11-17)29(22(30)16-27-24(31)21-9-5-15-34-21)23(20-8-4-14-33-20)25(32)28-18-6-2-1-3-7-18/h4-5,8-15,18,23H,1-3,6-7,16H2,(H,27,31)(H,28,32). The SMILES string of the molecule is O=C(NCC(=O)N(c1ccc(F)cc1)C(C(=O)NC1CCCCC1)c1ccco1)c1cccs1. The molecule has 1 unspecified atom stereocenters. The van der Waals surface area contributed by atoms with Crippen LogP contribution in [0.2, 0.25) is 0 Å². The second kappa shape index (κ2) is 11.1. The van der Waals surface area contributed by atoms with E-state index < -0.39 is 17.8 Å². The molecular weight excluding hydrogens is 457 g/mol. The molecule has 1 saturated carbocycles. The molecule has 2 N–H and O–H groups in total. The smallest absolute Gasteiger partial charge is 0.261 e. The van der Waals surface area contributed by atoms with Gasteiger partial charge in [0.2, 0.25) is 5.91 Å². The highest BCUT2D eigenvalue weighted by atomic mass is 32.1. The molecule has 0 spiro atoms. The third-order valence-electron chi connectivity index (χ3n) is 5.79. The van der Waals surface area contributed by atoms with E-state index in [1.807, 2.05) is 0 Å². The van der Waals surface area contributed by atoms with Crippen molar-refractivity contribution >= 4 is 34.7 Å². The summed E-state index contributed by atoms with van der Waals surface area (Å²) in [6.07, 6.45) is 6.38. The lowest BCUT2D eigenvalue weighted by Gasteiger charge is -2.32. The van der Waals surface area contributed by atoms with E-state index >= 15 is 0 Å². The second-order valence-electron chi connectivity index (χ2n) is 8.16. The van der Waals surface area contributed by atoms with Crippen molar-refractivity contribution in [3.8, 4) is 0 Å². The van der Waals surface area contributed by atoms with Crippen molar-refractivity contribution in [2.24, 2.45) is 0 Å². The summed E-state index contributed by atoms with van der Waals surface area (Å²) in [5, 5.41) is 7.44. The topological polar surface area (TPSA) is 91.7 Å². The number of rotatable bonds is 8. The molecule has 1 atom stereocenters. The zero-order valence-corrected chi connectivity index (χ0v) is 19.4. The predicted molar refractivity (Wildman–Crippen MR) is 127 cm³/mol. The number of hydrogen-bond donors (Lipinski definition) is 2. The number of furan rings is 1. The molecule has 2 heterocycles. The van der Waals surface area contributed by atoms with E-state index in [1.54, 1.807) is 29.6 Å². The van der Waals surface area contributed by atoms with Gasteiger partial charge in [-0.05, 0) is 60.7 Å². The Morgan fingerprint density at radius 3 is 2.47 bits per heavy atom. The van der Waals surface area contributed by atoms with Gasteiger partial charge in [-0.1, -0.05) is 25.3 Å². The van der Waals surface area contributed by atoms with Crippen LogP contribution in [0.5, 0.6) is 0 Å². The fourth-order valence-corrected chi connectivity index (χ4v) is 4.76. The average Bonchev–Trinajstić information content (AvgIpc) is 3.57. The maximum Gasteiger partial charge on any atom is 0.261 e. The van der Waals surface area contributed by atoms with E-state index in [1.165, 1.54) is 46.8 Å². The minimum Gasteiger partial charge on any atom is -0.467 e. The molecule has 0 saturated heterocycles. The van der Waals surface area contributed by atoms with Crippen molar-refractivity contribution in [3.05, 3.63) is 76.6 Å². The van der Waals surface area contributed by atoms with Gasteiger partial charge in [0.25, 0.3) is 11.8 Å². The molecule has 3 aromatic rings. The minimum absolute atomic E-state index is 0.0161. The van der Waals surface area contributed by atoms with Crippen LogP contribution in [-0.4, -0.2) is 30.3 Å². The molecule has 3 amide bonds. The number of thiophene rings is 1. The Hall–Kier alpha value is -3.46. The predicted octanol–water partition coefficient (Wildman–Crippen LogP) is 4.43. The zero-order valence-electron chi connectivity index (χ0n) is 18.5. The Labute approximate surface area is 200 Å². The lowest BCUT2D eigenvalue weighted by molar-refractivity contribution is -0.127. The van der Waals surface area contributed by atoms with Crippen LogP contribution < -0.4 is 15.5 Å². The minimum atomic E-state index is -1.12. The summed E-state index contributed by atoms with van der Waals surface area (Å²) in [7, 11) is 0. The first kappa shape index (κ1) is 23.7. The number of carbonyl (C=O) groups excluding carboxylic acids is 3. The quantitative estimate of drug-likeness (QED) is 0.496. The van der Waals surface area contributed by atoms with E-state index in [-0.39, 0.29) is 30.2 Å². The van der Waals surface area contributed by atoms with Gasteiger partial charge in [-0.15, -0.1) is 11.3 Å². The molecule has 1 aromatic carbocycles. The largest absolute Gasteiger partial charge is 0.467 e. The average molecular weight is 484 g/mol. The van der Waals surface area contributed by atoms with Crippen LogP contribution in [0.15, 0.2) is 64.6 Å². The van der Waals surface area contributed by atoms with Gasteiger partial charge in [0, 0.05) is 11.7 Å². The zero-order chi connectivity index (χ0) is 23.9. The maximum absolute atomic E-state index is 13.6. The Balaban J connectivity index is 1.62. The molecule has 0 bridgehead atoms. The number of benzene rings is 1. The Morgan fingerprint density at radius 1 is 1.06 bits per heavy atom.